The Balaban J connectivity index is 2.08. The summed E-state index contributed by atoms with van der Waals surface area (Å²) in [6, 6.07) is 6.59. The van der Waals surface area contributed by atoms with Crippen LogP contribution in [0, 0.1) is 0 Å². The van der Waals surface area contributed by atoms with Gasteiger partial charge in [0.25, 0.3) is 11.8 Å². The third-order valence-electron chi connectivity index (χ3n) is 4.04. The average Bonchev–Trinajstić information content (AvgIpc) is 2.95. The van der Waals surface area contributed by atoms with Crippen molar-refractivity contribution >= 4 is 11.8 Å². The molecule has 0 atom stereocenters. The van der Waals surface area contributed by atoms with Crippen molar-refractivity contribution in [2.75, 3.05) is 20.7 Å². The minimum Gasteiger partial charge on any atom is -0.394 e. The molecule has 1 fully saturated rings. The predicted molar refractivity (Wildman–Crippen MR) is 80.2 cm³/mol. The first-order chi connectivity index (χ1) is 9.97. The van der Waals surface area contributed by atoms with Gasteiger partial charge >= 0.3 is 0 Å². The van der Waals surface area contributed by atoms with E-state index in [1.54, 1.807) is 38.4 Å². The molecule has 2 N–H and O–H groups in total. The van der Waals surface area contributed by atoms with Crippen LogP contribution in [0.1, 0.15) is 46.4 Å². The fourth-order valence-corrected chi connectivity index (χ4v) is 2.71. The van der Waals surface area contributed by atoms with E-state index in [1.165, 1.54) is 4.90 Å². The topological polar surface area (TPSA) is 69.6 Å². The van der Waals surface area contributed by atoms with Crippen molar-refractivity contribution in [1.82, 2.24) is 10.2 Å². The Bertz CT molecular complexity index is 517. The highest BCUT2D eigenvalue weighted by atomic mass is 16.3. The summed E-state index contributed by atoms with van der Waals surface area (Å²) in [5.74, 6) is -0.292. The molecular formula is C16H22N2O3. The number of hydrogen-bond donors (Lipinski definition) is 2. The highest BCUT2D eigenvalue weighted by molar-refractivity contribution is 5.97. The first-order valence-corrected chi connectivity index (χ1v) is 7.22. The first kappa shape index (κ1) is 15.5. The van der Waals surface area contributed by atoms with E-state index in [-0.39, 0.29) is 18.4 Å². The minimum absolute atomic E-state index is 0.0318. The van der Waals surface area contributed by atoms with Gasteiger partial charge in [0.05, 0.1) is 12.1 Å². The maximum absolute atomic E-state index is 12.3. The number of aliphatic hydroxyl groups is 1. The lowest BCUT2D eigenvalue weighted by atomic mass is 9.98. The summed E-state index contributed by atoms with van der Waals surface area (Å²) in [6.07, 6.45) is 3.67. The lowest BCUT2D eigenvalue weighted by molar-refractivity contribution is 0.0820. The largest absolute Gasteiger partial charge is 0.394 e. The Morgan fingerprint density at radius 2 is 1.67 bits per heavy atom. The molecule has 1 aromatic rings. The number of carbonyl (C=O) groups excluding carboxylic acids is 2. The molecule has 2 amide bonds. The lowest BCUT2D eigenvalue weighted by Crippen LogP contribution is -2.49. The Morgan fingerprint density at radius 1 is 1.14 bits per heavy atom. The predicted octanol–water partition coefficient (Wildman–Crippen LogP) is 1.42. The van der Waals surface area contributed by atoms with E-state index in [9.17, 15) is 14.7 Å². The van der Waals surface area contributed by atoms with E-state index in [2.05, 4.69) is 5.32 Å². The first-order valence-electron chi connectivity index (χ1n) is 7.22. The molecule has 0 saturated heterocycles. The molecule has 1 aliphatic rings. The van der Waals surface area contributed by atoms with Gasteiger partial charge < -0.3 is 15.3 Å². The molecule has 1 aromatic carbocycles. The van der Waals surface area contributed by atoms with E-state index in [0.29, 0.717) is 11.1 Å². The second-order valence-corrected chi connectivity index (χ2v) is 5.88. The van der Waals surface area contributed by atoms with Crippen LogP contribution in [0.4, 0.5) is 0 Å². The van der Waals surface area contributed by atoms with Crippen LogP contribution in [-0.2, 0) is 0 Å². The van der Waals surface area contributed by atoms with Gasteiger partial charge in [-0.05, 0) is 37.1 Å². The SMILES string of the molecule is CN(C)C(=O)c1ccc(C(=O)NC2(CO)CCCC2)cc1. The molecule has 0 aliphatic heterocycles. The third kappa shape index (κ3) is 3.42. The van der Waals surface area contributed by atoms with Crippen LogP contribution in [0.2, 0.25) is 0 Å². The summed E-state index contributed by atoms with van der Waals surface area (Å²) >= 11 is 0. The van der Waals surface area contributed by atoms with Crippen molar-refractivity contribution in [2.45, 2.75) is 31.2 Å². The molecule has 5 heteroatoms. The Morgan fingerprint density at radius 3 is 2.14 bits per heavy atom. The van der Waals surface area contributed by atoms with Gasteiger partial charge in [0.15, 0.2) is 0 Å². The van der Waals surface area contributed by atoms with Crippen molar-refractivity contribution in [3.8, 4) is 0 Å². The second kappa shape index (κ2) is 6.26. The summed E-state index contributed by atoms with van der Waals surface area (Å²) < 4.78 is 0. The summed E-state index contributed by atoms with van der Waals surface area (Å²) in [6.45, 7) is -0.0318. The zero-order chi connectivity index (χ0) is 15.5. The number of rotatable bonds is 4. The molecule has 0 bridgehead atoms. The smallest absolute Gasteiger partial charge is 0.253 e. The fourth-order valence-electron chi connectivity index (χ4n) is 2.71. The number of nitrogens with one attached hydrogen (secondary N) is 1. The monoisotopic (exact) mass is 290 g/mol. The molecule has 114 valence electrons. The minimum atomic E-state index is -0.477. The highest BCUT2D eigenvalue weighted by Gasteiger charge is 2.34. The van der Waals surface area contributed by atoms with E-state index in [4.69, 9.17) is 0 Å². The van der Waals surface area contributed by atoms with Crippen LogP contribution in [-0.4, -0.2) is 48.1 Å². The molecule has 0 aromatic heterocycles. The van der Waals surface area contributed by atoms with Gasteiger partial charge in [-0.2, -0.15) is 0 Å². The molecule has 0 heterocycles. The number of aliphatic hydroxyl groups excluding tert-OH is 1. The quantitative estimate of drug-likeness (QED) is 0.881. The van der Waals surface area contributed by atoms with Gasteiger partial charge in [0.1, 0.15) is 0 Å². The number of carbonyl (C=O) groups is 2. The van der Waals surface area contributed by atoms with E-state index in [0.717, 1.165) is 25.7 Å². The number of nitrogens with zero attached hydrogens (tertiary/aromatic N) is 1. The number of benzene rings is 1. The van der Waals surface area contributed by atoms with Crippen LogP contribution in [0.5, 0.6) is 0 Å². The standard InChI is InChI=1S/C16H22N2O3/c1-18(2)15(21)13-7-5-12(6-8-13)14(20)17-16(11-19)9-3-4-10-16/h5-8,19H,3-4,9-11H2,1-2H3,(H,17,20). The number of hydrogen-bond acceptors (Lipinski definition) is 3. The maximum Gasteiger partial charge on any atom is 0.253 e. The summed E-state index contributed by atoms with van der Waals surface area (Å²) in [4.78, 5) is 25.6. The van der Waals surface area contributed by atoms with Crippen LogP contribution in [0.15, 0.2) is 24.3 Å². The maximum atomic E-state index is 12.3. The average molecular weight is 290 g/mol. The van der Waals surface area contributed by atoms with E-state index >= 15 is 0 Å². The Kier molecular flexibility index (Phi) is 4.63. The molecule has 5 nitrogen and oxygen atoms in total. The van der Waals surface area contributed by atoms with Crippen molar-refractivity contribution in [3.05, 3.63) is 35.4 Å². The summed E-state index contributed by atoms with van der Waals surface area (Å²) in [7, 11) is 3.38. The van der Waals surface area contributed by atoms with Crippen LogP contribution in [0.3, 0.4) is 0 Å². The summed E-state index contributed by atoms with van der Waals surface area (Å²) in [5.41, 5.74) is 0.578. The fraction of sp³-hybridized carbons (Fsp3) is 0.500. The molecule has 0 unspecified atom stereocenters. The molecule has 0 radical (unpaired) electrons. The molecule has 0 spiro atoms. The highest BCUT2D eigenvalue weighted by Crippen LogP contribution is 2.29. The Hall–Kier alpha value is -1.88. The van der Waals surface area contributed by atoms with Crippen molar-refractivity contribution in [3.63, 3.8) is 0 Å². The van der Waals surface area contributed by atoms with Gasteiger partial charge in [0.2, 0.25) is 0 Å². The molecule has 1 aliphatic carbocycles. The van der Waals surface area contributed by atoms with Gasteiger partial charge in [-0.1, -0.05) is 12.8 Å². The molecule has 2 rings (SSSR count). The van der Waals surface area contributed by atoms with Crippen molar-refractivity contribution < 1.29 is 14.7 Å². The second-order valence-electron chi connectivity index (χ2n) is 5.88. The van der Waals surface area contributed by atoms with E-state index < -0.39 is 5.54 Å². The molecule has 21 heavy (non-hydrogen) atoms. The van der Waals surface area contributed by atoms with Gasteiger partial charge in [-0.25, -0.2) is 0 Å². The van der Waals surface area contributed by atoms with Gasteiger partial charge in [-0.3, -0.25) is 9.59 Å². The third-order valence-corrected chi connectivity index (χ3v) is 4.04. The zero-order valence-corrected chi connectivity index (χ0v) is 12.6. The lowest BCUT2D eigenvalue weighted by Gasteiger charge is -2.28. The van der Waals surface area contributed by atoms with Gasteiger partial charge in [0, 0.05) is 25.2 Å². The van der Waals surface area contributed by atoms with Crippen LogP contribution in [0.25, 0.3) is 0 Å². The Labute approximate surface area is 125 Å². The molecular weight excluding hydrogens is 268 g/mol. The summed E-state index contributed by atoms with van der Waals surface area (Å²) in [5, 5.41) is 12.5. The van der Waals surface area contributed by atoms with Crippen molar-refractivity contribution in [2.24, 2.45) is 0 Å². The number of amides is 2. The van der Waals surface area contributed by atoms with Gasteiger partial charge in [-0.15, -0.1) is 0 Å². The molecule has 1 saturated carbocycles. The normalized spacial score (nSPS) is 16.5. The zero-order valence-electron chi connectivity index (χ0n) is 12.6. The van der Waals surface area contributed by atoms with Crippen LogP contribution < -0.4 is 5.32 Å². The van der Waals surface area contributed by atoms with E-state index in [1.807, 2.05) is 0 Å². The van der Waals surface area contributed by atoms with Crippen LogP contribution >= 0.6 is 0 Å². The van der Waals surface area contributed by atoms with Crippen molar-refractivity contribution in [1.29, 1.82) is 0 Å².